The normalized spacial score (nSPS) is 13.7. The molecule has 2 heterocycles. The second-order valence-electron chi connectivity index (χ2n) is 9.85. The van der Waals surface area contributed by atoms with Gasteiger partial charge in [-0.2, -0.15) is 0 Å². The number of anilines is 1. The third kappa shape index (κ3) is 7.89. The Morgan fingerprint density at radius 3 is 2.72 bits per heavy atom. The molecule has 2 amide bonds. The lowest BCUT2D eigenvalue weighted by Gasteiger charge is -2.31. The van der Waals surface area contributed by atoms with Crippen LogP contribution in [0.25, 0.3) is 0 Å². The number of unbranched alkanes of at least 4 members (excludes halogenated alkanes) is 1. The molecule has 0 saturated carbocycles. The van der Waals surface area contributed by atoms with Gasteiger partial charge in [0.2, 0.25) is 0 Å². The summed E-state index contributed by atoms with van der Waals surface area (Å²) in [5.41, 5.74) is 0.918. The number of thiocarbonyl (C=S) groups is 1. The molecular weight excluding hydrogens is 523 g/mol. The number of aromatic nitrogens is 1. The number of hydrogen-bond acceptors (Lipinski definition) is 8. The summed E-state index contributed by atoms with van der Waals surface area (Å²) >= 11 is 5.62. The number of nitrogens with zero attached hydrogens (tertiary/aromatic N) is 2. The maximum atomic E-state index is 14.3. The smallest absolute Gasteiger partial charge is 0.417 e. The fourth-order valence-corrected chi connectivity index (χ4v) is 4.15. The molecular formula is C28H35FN4O5S. The molecule has 1 aromatic carbocycles. The molecule has 0 spiro atoms. The molecule has 2 N–H and O–H groups in total. The van der Waals surface area contributed by atoms with Gasteiger partial charge in [0.25, 0.3) is 5.91 Å². The van der Waals surface area contributed by atoms with Crippen LogP contribution < -0.4 is 20.1 Å². The van der Waals surface area contributed by atoms with E-state index in [1.165, 1.54) is 19.2 Å². The molecule has 0 saturated heterocycles. The molecule has 0 unspecified atom stereocenters. The van der Waals surface area contributed by atoms with Crippen LogP contribution in [0.4, 0.5) is 14.9 Å². The van der Waals surface area contributed by atoms with Crippen molar-refractivity contribution in [1.29, 1.82) is 0 Å². The maximum absolute atomic E-state index is 14.3. The lowest BCUT2D eigenvalue weighted by molar-refractivity contribution is -0.126. The van der Waals surface area contributed by atoms with Crippen molar-refractivity contribution in [1.82, 2.24) is 15.2 Å². The third-order valence-electron chi connectivity index (χ3n) is 5.72. The summed E-state index contributed by atoms with van der Waals surface area (Å²) in [5, 5.41) is 6.22. The lowest BCUT2D eigenvalue weighted by Crippen LogP contribution is -2.47. The number of nitrogens with one attached hydrogen (secondary N) is 2. The molecule has 1 aliphatic heterocycles. The zero-order chi connectivity index (χ0) is 28.6. The maximum Gasteiger partial charge on any atom is 0.417 e. The van der Waals surface area contributed by atoms with Crippen molar-refractivity contribution in [3.8, 4) is 11.5 Å². The van der Waals surface area contributed by atoms with Crippen LogP contribution in [0.2, 0.25) is 0 Å². The van der Waals surface area contributed by atoms with Crippen molar-refractivity contribution in [3.63, 3.8) is 0 Å². The first-order valence-electron chi connectivity index (χ1n) is 12.8. The van der Waals surface area contributed by atoms with Gasteiger partial charge in [0, 0.05) is 37.0 Å². The van der Waals surface area contributed by atoms with Gasteiger partial charge in [-0.1, -0.05) is 31.6 Å². The zero-order valence-electron chi connectivity index (χ0n) is 22.9. The molecule has 0 fully saturated rings. The molecule has 2 aromatic rings. The van der Waals surface area contributed by atoms with E-state index in [0.717, 1.165) is 23.3 Å². The summed E-state index contributed by atoms with van der Waals surface area (Å²) in [4.78, 5) is 31.6. The molecule has 0 bridgehead atoms. The van der Waals surface area contributed by atoms with Crippen LogP contribution in [-0.2, 0) is 16.1 Å². The van der Waals surface area contributed by atoms with Crippen molar-refractivity contribution < 1.29 is 28.2 Å². The van der Waals surface area contributed by atoms with Crippen LogP contribution in [-0.4, -0.2) is 52.7 Å². The molecule has 3 rings (SSSR count). The van der Waals surface area contributed by atoms with Gasteiger partial charge in [-0.15, -0.1) is 0 Å². The second kappa shape index (κ2) is 13.4. The Hall–Kier alpha value is -3.73. The third-order valence-corrected chi connectivity index (χ3v) is 6.03. The number of para-hydroxylation sites is 1. The number of pyridine rings is 1. The molecule has 39 heavy (non-hydrogen) atoms. The average molecular weight is 559 g/mol. The Balaban J connectivity index is 1.92. The number of ether oxygens (including phenoxy) is 3. The van der Waals surface area contributed by atoms with Gasteiger partial charge in [0.05, 0.1) is 31.2 Å². The van der Waals surface area contributed by atoms with E-state index in [0.29, 0.717) is 31.0 Å². The van der Waals surface area contributed by atoms with Gasteiger partial charge in [-0.3, -0.25) is 9.78 Å². The van der Waals surface area contributed by atoms with Crippen molar-refractivity contribution in [3.05, 3.63) is 59.3 Å². The van der Waals surface area contributed by atoms with Crippen LogP contribution in [0.5, 0.6) is 11.5 Å². The fourth-order valence-electron chi connectivity index (χ4n) is 3.83. The van der Waals surface area contributed by atoms with Crippen molar-refractivity contribution in [2.45, 2.75) is 59.1 Å². The Morgan fingerprint density at radius 2 is 2.03 bits per heavy atom. The van der Waals surface area contributed by atoms with Crippen molar-refractivity contribution >= 4 is 34.9 Å². The summed E-state index contributed by atoms with van der Waals surface area (Å²) in [6, 6.07) is 6.16. The van der Waals surface area contributed by atoms with E-state index in [4.69, 9.17) is 26.4 Å². The lowest BCUT2D eigenvalue weighted by atomic mass is 10.0. The number of carbonyl (C=O) groups excluding carboxylic acids is 2. The molecule has 210 valence electrons. The van der Waals surface area contributed by atoms with Gasteiger partial charge in [-0.05, 0) is 45.4 Å². The highest BCUT2D eigenvalue weighted by molar-refractivity contribution is 7.81. The van der Waals surface area contributed by atoms with E-state index in [1.54, 1.807) is 39.2 Å². The Bertz CT molecular complexity index is 1240. The number of amides is 2. The first-order chi connectivity index (χ1) is 18.6. The summed E-state index contributed by atoms with van der Waals surface area (Å²) in [6.07, 6.45) is 4.77. The van der Waals surface area contributed by atoms with Gasteiger partial charge in [0.1, 0.15) is 16.3 Å². The highest BCUT2D eigenvalue weighted by Gasteiger charge is 2.36. The Labute approximate surface area is 233 Å². The highest BCUT2D eigenvalue weighted by Crippen LogP contribution is 2.30. The minimum atomic E-state index is -0.789. The number of rotatable bonds is 10. The van der Waals surface area contributed by atoms with Crippen LogP contribution >= 0.6 is 12.2 Å². The van der Waals surface area contributed by atoms with E-state index in [1.807, 2.05) is 6.07 Å². The zero-order valence-corrected chi connectivity index (χ0v) is 23.7. The first-order valence-corrected chi connectivity index (χ1v) is 13.2. The van der Waals surface area contributed by atoms with E-state index < -0.39 is 23.4 Å². The van der Waals surface area contributed by atoms with E-state index in [9.17, 15) is 14.0 Å². The second-order valence-corrected chi connectivity index (χ2v) is 10.3. The van der Waals surface area contributed by atoms with Gasteiger partial charge in [0.15, 0.2) is 11.6 Å². The summed E-state index contributed by atoms with van der Waals surface area (Å²) in [6.45, 7) is 8.24. The van der Waals surface area contributed by atoms with Crippen molar-refractivity contribution in [2.24, 2.45) is 0 Å². The van der Waals surface area contributed by atoms with Crippen LogP contribution in [0.15, 0.2) is 47.9 Å². The first kappa shape index (κ1) is 29.8. The standard InChI is InChI=1S/C28H35FN4O5S/c1-6-7-15-37-22-17-30-13-11-18(22)16-31-20-12-14-33(27(35)38-28(2,3)4)26(34)23(20)25(39)32-21-10-8-9-19(29)24(21)36-5/h8-11,13,17,31H,6-7,12,14-16H2,1-5H3,(H,32,39). The number of methoxy groups -OCH3 is 1. The molecule has 0 atom stereocenters. The van der Waals surface area contributed by atoms with Crippen molar-refractivity contribution in [2.75, 3.05) is 25.6 Å². The average Bonchev–Trinajstić information content (AvgIpc) is 2.87. The molecule has 0 radical (unpaired) electrons. The Kier molecular flexibility index (Phi) is 10.2. The molecule has 11 heteroatoms. The monoisotopic (exact) mass is 558 g/mol. The SMILES string of the molecule is CCCCOc1cnccc1CNC1=C(C(=S)Nc2cccc(F)c2OC)C(=O)N(C(=O)OC(C)(C)C)CC1. The largest absolute Gasteiger partial charge is 0.492 e. The number of carbonyl (C=O) groups is 2. The number of imide groups is 1. The summed E-state index contributed by atoms with van der Waals surface area (Å²) in [7, 11) is 1.34. The fraction of sp³-hybridized carbons (Fsp3) is 0.429. The van der Waals surface area contributed by atoms with Crippen LogP contribution in [0, 0.1) is 5.82 Å². The van der Waals surface area contributed by atoms with Gasteiger partial charge in [-0.25, -0.2) is 14.1 Å². The minimum absolute atomic E-state index is 0.00815. The number of hydrogen-bond donors (Lipinski definition) is 2. The number of halogens is 1. The summed E-state index contributed by atoms with van der Waals surface area (Å²) < 4.78 is 30.8. The topological polar surface area (TPSA) is 102 Å². The molecule has 9 nitrogen and oxygen atoms in total. The molecule has 1 aromatic heterocycles. The van der Waals surface area contributed by atoms with Gasteiger partial charge >= 0.3 is 6.09 Å². The quantitative estimate of drug-likeness (QED) is 0.295. The van der Waals surface area contributed by atoms with E-state index >= 15 is 0 Å². The van der Waals surface area contributed by atoms with E-state index in [-0.39, 0.29) is 28.5 Å². The van der Waals surface area contributed by atoms with Crippen LogP contribution in [0.1, 0.15) is 52.5 Å². The number of benzene rings is 1. The molecule has 0 aliphatic carbocycles. The van der Waals surface area contributed by atoms with Crippen LogP contribution in [0.3, 0.4) is 0 Å². The Morgan fingerprint density at radius 1 is 1.26 bits per heavy atom. The predicted molar refractivity (Wildman–Crippen MR) is 150 cm³/mol. The molecule has 1 aliphatic rings. The highest BCUT2D eigenvalue weighted by atomic mass is 32.1. The minimum Gasteiger partial charge on any atom is -0.492 e. The predicted octanol–water partition coefficient (Wildman–Crippen LogP) is 5.36. The van der Waals surface area contributed by atoms with E-state index in [2.05, 4.69) is 22.5 Å². The van der Waals surface area contributed by atoms with Gasteiger partial charge < -0.3 is 24.8 Å². The summed E-state index contributed by atoms with van der Waals surface area (Å²) in [5.74, 6) is -0.618.